The molecular formula is C17H21N3S2. The van der Waals surface area contributed by atoms with Crippen molar-refractivity contribution in [3.05, 3.63) is 40.4 Å². The Labute approximate surface area is 141 Å². The molecule has 0 amide bonds. The first-order chi connectivity index (χ1) is 10.7. The molecule has 3 rings (SSSR count). The topological polar surface area (TPSA) is 37.0 Å². The number of thiocarbonyl (C=S) groups is 1. The highest BCUT2D eigenvalue weighted by atomic mass is 32.1. The first kappa shape index (κ1) is 15.4. The lowest BCUT2D eigenvalue weighted by atomic mass is 9.93. The van der Waals surface area contributed by atoms with Crippen molar-refractivity contribution in [3.63, 3.8) is 0 Å². The van der Waals surface area contributed by atoms with Crippen LogP contribution in [0.1, 0.15) is 36.4 Å². The number of fused-ring (bicyclic) bond motifs is 1. The molecule has 1 atom stereocenters. The van der Waals surface area contributed by atoms with E-state index in [9.17, 15) is 0 Å². The van der Waals surface area contributed by atoms with Crippen LogP contribution in [-0.4, -0.2) is 10.1 Å². The third-order valence-corrected chi connectivity index (χ3v) is 5.29. The number of nitrogens with one attached hydrogen (secondary N) is 2. The Kier molecular flexibility index (Phi) is 4.74. The summed E-state index contributed by atoms with van der Waals surface area (Å²) in [5, 5.41) is 8.05. The molecule has 22 heavy (non-hydrogen) atoms. The number of anilines is 2. The number of hydrogen-bond donors (Lipinski definition) is 2. The molecule has 1 aromatic carbocycles. The van der Waals surface area contributed by atoms with Gasteiger partial charge < -0.3 is 10.6 Å². The van der Waals surface area contributed by atoms with Gasteiger partial charge in [0.05, 0.1) is 5.69 Å². The molecule has 2 aromatic rings. The second kappa shape index (κ2) is 6.75. The minimum absolute atomic E-state index is 0.611. The monoisotopic (exact) mass is 331 g/mol. The third kappa shape index (κ3) is 3.47. The molecule has 1 aromatic heterocycles. The van der Waals surface area contributed by atoms with Crippen LogP contribution in [0.5, 0.6) is 0 Å². The number of nitrogens with zero attached hydrogens (tertiary/aromatic N) is 1. The Hall–Kier alpha value is -1.46. The molecule has 0 spiro atoms. The van der Waals surface area contributed by atoms with Crippen LogP contribution >= 0.6 is 23.6 Å². The summed E-state index contributed by atoms with van der Waals surface area (Å²) in [4.78, 5) is 6.10. The van der Waals surface area contributed by atoms with Crippen LogP contribution in [0.25, 0.3) is 0 Å². The van der Waals surface area contributed by atoms with E-state index in [1.54, 1.807) is 11.3 Å². The predicted molar refractivity (Wildman–Crippen MR) is 99.0 cm³/mol. The molecular weight excluding hydrogens is 310 g/mol. The fourth-order valence-corrected chi connectivity index (χ4v) is 4.24. The maximum absolute atomic E-state index is 5.43. The van der Waals surface area contributed by atoms with Crippen molar-refractivity contribution in [1.82, 2.24) is 4.98 Å². The number of hydrogen-bond acceptors (Lipinski definition) is 3. The molecule has 0 radical (unpaired) electrons. The van der Waals surface area contributed by atoms with E-state index in [0.717, 1.165) is 36.0 Å². The van der Waals surface area contributed by atoms with Crippen LogP contribution in [0.4, 0.5) is 10.8 Å². The van der Waals surface area contributed by atoms with Gasteiger partial charge in [-0.15, -0.1) is 11.3 Å². The molecule has 0 saturated heterocycles. The van der Waals surface area contributed by atoms with Gasteiger partial charge in [0.25, 0.3) is 0 Å². The van der Waals surface area contributed by atoms with E-state index in [1.807, 2.05) is 6.07 Å². The summed E-state index contributed by atoms with van der Waals surface area (Å²) in [5.74, 6) is 0.766. The molecule has 5 heteroatoms. The predicted octanol–water partition coefficient (Wildman–Crippen LogP) is 4.64. The standard InChI is InChI=1S/C17H21N3S2/c1-3-12-6-4-5-7-13(12)18-16(21)20-17-19-14-9-8-11(2)10-15(14)22-17/h4-7,11H,3,8-10H2,1-2H3,(H2,18,19,20,21). The fourth-order valence-electron chi connectivity index (χ4n) is 2.79. The lowest BCUT2D eigenvalue weighted by Crippen LogP contribution is -2.19. The number of rotatable bonds is 3. The zero-order valence-corrected chi connectivity index (χ0v) is 14.6. The van der Waals surface area contributed by atoms with Crippen LogP contribution in [0, 0.1) is 5.92 Å². The summed E-state index contributed by atoms with van der Waals surface area (Å²) in [7, 11) is 0. The van der Waals surface area contributed by atoms with Gasteiger partial charge in [0.15, 0.2) is 10.2 Å². The van der Waals surface area contributed by atoms with Gasteiger partial charge in [0.2, 0.25) is 0 Å². The van der Waals surface area contributed by atoms with Gasteiger partial charge >= 0.3 is 0 Å². The third-order valence-electron chi connectivity index (χ3n) is 4.05. The zero-order chi connectivity index (χ0) is 15.5. The van der Waals surface area contributed by atoms with E-state index in [0.29, 0.717) is 5.11 Å². The normalized spacial score (nSPS) is 16.9. The van der Waals surface area contributed by atoms with Crippen molar-refractivity contribution >= 4 is 39.5 Å². The van der Waals surface area contributed by atoms with E-state index >= 15 is 0 Å². The maximum atomic E-state index is 5.43. The molecule has 1 heterocycles. The highest BCUT2D eigenvalue weighted by molar-refractivity contribution is 7.80. The summed E-state index contributed by atoms with van der Waals surface area (Å²) in [6.45, 7) is 4.46. The van der Waals surface area contributed by atoms with Crippen molar-refractivity contribution < 1.29 is 0 Å². The molecule has 1 aliphatic carbocycles. The summed E-state index contributed by atoms with van der Waals surface area (Å²) in [5.41, 5.74) is 3.58. The van der Waals surface area contributed by atoms with Crippen LogP contribution in [0.2, 0.25) is 0 Å². The van der Waals surface area contributed by atoms with Gasteiger partial charge in [-0.25, -0.2) is 4.98 Å². The first-order valence-electron chi connectivity index (χ1n) is 7.80. The summed E-state index contributed by atoms with van der Waals surface area (Å²) in [6.07, 6.45) is 4.46. The van der Waals surface area contributed by atoms with Crippen molar-refractivity contribution in [1.29, 1.82) is 0 Å². The minimum Gasteiger partial charge on any atom is -0.332 e. The van der Waals surface area contributed by atoms with E-state index in [2.05, 4.69) is 47.7 Å². The van der Waals surface area contributed by atoms with Crippen molar-refractivity contribution in [2.75, 3.05) is 10.6 Å². The van der Waals surface area contributed by atoms with Crippen LogP contribution < -0.4 is 10.6 Å². The highest BCUT2D eigenvalue weighted by Gasteiger charge is 2.20. The molecule has 3 nitrogen and oxygen atoms in total. The summed E-state index contributed by atoms with van der Waals surface area (Å²) < 4.78 is 0. The number of aromatic nitrogens is 1. The Bertz CT molecular complexity index is 678. The Morgan fingerprint density at radius 1 is 1.36 bits per heavy atom. The number of benzene rings is 1. The minimum atomic E-state index is 0.611. The van der Waals surface area contributed by atoms with E-state index < -0.39 is 0 Å². The van der Waals surface area contributed by atoms with Gasteiger partial charge in [0.1, 0.15) is 0 Å². The molecule has 0 bridgehead atoms. The highest BCUT2D eigenvalue weighted by Crippen LogP contribution is 2.32. The number of aryl methyl sites for hydroxylation is 2. The molecule has 0 fully saturated rings. The van der Waals surface area contributed by atoms with E-state index in [-0.39, 0.29) is 0 Å². The molecule has 2 N–H and O–H groups in total. The van der Waals surface area contributed by atoms with Gasteiger partial charge in [0, 0.05) is 10.6 Å². The van der Waals surface area contributed by atoms with Crippen LogP contribution in [0.15, 0.2) is 24.3 Å². The van der Waals surface area contributed by atoms with Gasteiger partial charge in [-0.3, -0.25) is 0 Å². The number of thiazole rings is 1. The Morgan fingerprint density at radius 3 is 3.00 bits per heavy atom. The van der Waals surface area contributed by atoms with Gasteiger partial charge in [-0.05, 0) is 55.4 Å². The van der Waals surface area contributed by atoms with Crippen molar-refractivity contribution in [3.8, 4) is 0 Å². The molecule has 0 aliphatic heterocycles. The largest absolute Gasteiger partial charge is 0.332 e. The fraction of sp³-hybridized carbons (Fsp3) is 0.412. The quantitative estimate of drug-likeness (QED) is 0.804. The average Bonchev–Trinajstić information content (AvgIpc) is 2.88. The molecule has 1 unspecified atom stereocenters. The van der Waals surface area contributed by atoms with E-state index in [1.165, 1.54) is 22.6 Å². The average molecular weight is 332 g/mol. The Balaban J connectivity index is 1.67. The SMILES string of the molecule is CCc1ccccc1NC(=S)Nc1nc2c(s1)CC(C)CC2. The molecule has 0 saturated carbocycles. The smallest absolute Gasteiger partial charge is 0.189 e. The van der Waals surface area contributed by atoms with E-state index in [4.69, 9.17) is 12.2 Å². The first-order valence-corrected chi connectivity index (χ1v) is 9.02. The van der Waals surface area contributed by atoms with Crippen molar-refractivity contribution in [2.24, 2.45) is 5.92 Å². The molecule has 1 aliphatic rings. The second-order valence-electron chi connectivity index (χ2n) is 5.83. The lowest BCUT2D eigenvalue weighted by molar-refractivity contribution is 0.502. The van der Waals surface area contributed by atoms with Crippen LogP contribution in [-0.2, 0) is 19.3 Å². The van der Waals surface area contributed by atoms with Crippen LogP contribution in [0.3, 0.4) is 0 Å². The lowest BCUT2D eigenvalue weighted by Gasteiger charge is -2.15. The maximum Gasteiger partial charge on any atom is 0.189 e. The zero-order valence-electron chi connectivity index (χ0n) is 13.0. The second-order valence-corrected chi connectivity index (χ2v) is 7.32. The van der Waals surface area contributed by atoms with Crippen molar-refractivity contribution in [2.45, 2.75) is 39.5 Å². The van der Waals surface area contributed by atoms with Gasteiger partial charge in [-0.1, -0.05) is 32.0 Å². The Morgan fingerprint density at radius 2 is 2.18 bits per heavy atom. The molecule has 116 valence electrons. The van der Waals surface area contributed by atoms with Gasteiger partial charge in [-0.2, -0.15) is 0 Å². The summed E-state index contributed by atoms with van der Waals surface area (Å²) in [6, 6.07) is 8.25. The number of para-hydroxylation sites is 1. The summed E-state index contributed by atoms with van der Waals surface area (Å²) >= 11 is 7.17.